The number of halogens is 6. The van der Waals surface area contributed by atoms with Crippen molar-refractivity contribution >= 4 is 5.95 Å². The van der Waals surface area contributed by atoms with Crippen molar-refractivity contribution in [1.82, 2.24) is 9.97 Å². The number of anilines is 1. The molecule has 1 aromatic heterocycles. The molecule has 0 amide bonds. The average molecular weight is 351 g/mol. The number of benzene rings is 1. The summed E-state index contributed by atoms with van der Waals surface area (Å²) in [5, 5.41) is 0. The fraction of sp³-hybridized carbons (Fsp3) is 0.286. The molecule has 0 spiro atoms. The van der Waals surface area contributed by atoms with E-state index in [1.54, 1.807) is 4.98 Å². The summed E-state index contributed by atoms with van der Waals surface area (Å²) in [5.41, 5.74) is -0.0574. The van der Waals surface area contributed by atoms with E-state index in [0.29, 0.717) is 12.1 Å². The van der Waals surface area contributed by atoms with Crippen molar-refractivity contribution in [2.24, 2.45) is 0 Å². The molecule has 2 aromatic rings. The highest BCUT2D eigenvalue weighted by molar-refractivity contribution is 5.72. The number of hydrogen-bond donors (Lipinski definition) is 2. The smallest absolute Gasteiger partial charge is 0.369 e. The van der Waals surface area contributed by atoms with Gasteiger partial charge < -0.3 is 5.73 Å². The van der Waals surface area contributed by atoms with E-state index in [1.165, 1.54) is 13.8 Å². The van der Waals surface area contributed by atoms with Gasteiger partial charge in [0.1, 0.15) is 5.56 Å². The first kappa shape index (κ1) is 17.8. The van der Waals surface area contributed by atoms with Gasteiger partial charge in [0.15, 0.2) is 0 Å². The van der Waals surface area contributed by atoms with Crippen molar-refractivity contribution in [3.8, 4) is 11.3 Å². The number of nitrogens with two attached hydrogens (primary N) is 1. The van der Waals surface area contributed by atoms with Gasteiger partial charge in [0.05, 0.1) is 11.3 Å². The summed E-state index contributed by atoms with van der Waals surface area (Å²) in [5.74, 6) is -0.568. The molecule has 24 heavy (non-hydrogen) atoms. The lowest BCUT2D eigenvalue weighted by Gasteiger charge is -2.17. The first-order valence-electron chi connectivity index (χ1n) is 6.48. The minimum atomic E-state index is -5.05. The van der Waals surface area contributed by atoms with Gasteiger partial charge in [-0.15, -0.1) is 0 Å². The summed E-state index contributed by atoms with van der Waals surface area (Å²) >= 11 is 0. The molecule has 0 atom stereocenters. The van der Waals surface area contributed by atoms with Crippen molar-refractivity contribution in [2.75, 3.05) is 5.73 Å². The molecule has 0 bridgehead atoms. The first-order chi connectivity index (χ1) is 10.8. The van der Waals surface area contributed by atoms with E-state index in [9.17, 15) is 31.1 Å². The Hall–Kier alpha value is -2.52. The topological polar surface area (TPSA) is 71.8 Å². The molecule has 0 aliphatic heterocycles. The van der Waals surface area contributed by atoms with Crippen LogP contribution >= 0.6 is 0 Å². The molecule has 0 saturated carbocycles. The normalized spacial score (nSPS) is 12.5. The predicted octanol–water partition coefficient (Wildman–Crippen LogP) is 3.67. The van der Waals surface area contributed by atoms with E-state index in [-0.39, 0.29) is 16.7 Å². The van der Waals surface area contributed by atoms with Crippen LogP contribution in [0.5, 0.6) is 0 Å². The molecule has 10 heteroatoms. The Balaban J connectivity index is 2.86. The Labute approximate surface area is 131 Å². The quantitative estimate of drug-likeness (QED) is 0.770. The number of aromatic nitrogens is 2. The van der Waals surface area contributed by atoms with Gasteiger partial charge in [0, 0.05) is 5.56 Å². The molecule has 1 heterocycles. The second-order valence-electron chi connectivity index (χ2n) is 5.16. The van der Waals surface area contributed by atoms with Crippen LogP contribution in [-0.4, -0.2) is 9.97 Å². The van der Waals surface area contributed by atoms with Crippen LogP contribution in [0.2, 0.25) is 0 Å². The molecule has 1 aromatic carbocycles. The van der Waals surface area contributed by atoms with Crippen molar-refractivity contribution in [3.63, 3.8) is 0 Å². The monoisotopic (exact) mass is 351 g/mol. The number of rotatable bonds is 1. The van der Waals surface area contributed by atoms with Crippen molar-refractivity contribution in [2.45, 2.75) is 26.2 Å². The third-order valence-corrected chi connectivity index (χ3v) is 3.32. The second kappa shape index (κ2) is 5.53. The van der Waals surface area contributed by atoms with Gasteiger partial charge in [-0.2, -0.15) is 26.3 Å². The number of nitrogens with zero attached hydrogens (tertiary/aromatic N) is 1. The third-order valence-electron chi connectivity index (χ3n) is 3.32. The third kappa shape index (κ3) is 3.22. The molecule has 0 saturated heterocycles. The fourth-order valence-electron chi connectivity index (χ4n) is 2.44. The number of hydrogen-bond acceptors (Lipinski definition) is 3. The molecule has 130 valence electrons. The highest BCUT2D eigenvalue weighted by Crippen LogP contribution is 2.39. The highest BCUT2D eigenvalue weighted by Gasteiger charge is 2.39. The number of H-pyrrole nitrogens is 1. The number of aryl methyl sites for hydroxylation is 2. The zero-order valence-electron chi connectivity index (χ0n) is 12.4. The van der Waals surface area contributed by atoms with Gasteiger partial charge >= 0.3 is 12.4 Å². The van der Waals surface area contributed by atoms with E-state index in [4.69, 9.17) is 5.73 Å². The van der Waals surface area contributed by atoms with Crippen LogP contribution in [0.25, 0.3) is 11.3 Å². The van der Waals surface area contributed by atoms with Gasteiger partial charge in [-0.3, -0.25) is 9.78 Å². The average Bonchev–Trinajstić information content (AvgIpc) is 2.33. The lowest BCUT2D eigenvalue weighted by Crippen LogP contribution is -2.25. The molecule has 4 nitrogen and oxygen atoms in total. The van der Waals surface area contributed by atoms with Crippen LogP contribution in [0.1, 0.15) is 22.3 Å². The molecule has 3 N–H and O–H groups in total. The van der Waals surface area contributed by atoms with Crippen molar-refractivity contribution in [3.05, 3.63) is 44.7 Å². The summed E-state index contributed by atoms with van der Waals surface area (Å²) in [4.78, 5) is 16.9. The van der Waals surface area contributed by atoms with E-state index in [2.05, 4.69) is 4.98 Å². The number of nitrogen functional groups attached to an aromatic ring is 1. The Morgan fingerprint density at radius 2 is 1.50 bits per heavy atom. The van der Waals surface area contributed by atoms with Crippen LogP contribution in [0.4, 0.5) is 32.3 Å². The Bertz CT molecular complexity index is 828. The van der Waals surface area contributed by atoms with Gasteiger partial charge in [-0.05, 0) is 37.1 Å². The van der Waals surface area contributed by atoms with E-state index in [1.807, 2.05) is 0 Å². The molecular weight excluding hydrogens is 340 g/mol. The second-order valence-corrected chi connectivity index (χ2v) is 5.16. The molecule has 2 rings (SSSR count). The Kier molecular flexibility index (Phi) is 4.11. The summed E-state index contributed by atoms with van der Waals surface area (Å²) in [6, 6.07) is 1.39. The zero-order valence-corrected chi connectivity index (χ0v) is 12.4. The summed E-state index contributed by atoms with van der Waals surface area (Å²) in [6.07, 6.45) is -9.70. The van der Waals surface area contributed by atoms with Crippen LogP contribution in [0.15, 0.2) is 16.9 Å². The maximum atomic E-state index is 13.2. The molecule has 0 aliphatic carbocycles. The Morgan fingerprint density at radius 1 is 1.00 bits per heavy atom. The van der Waals surface area contributed by atoms with Gasteiger partial charge in [0.2, 0.25) is 5.95 Å². The summed E-state index contributed by atoms with van der Waals surface area (Å²) in [7, 11) is 0. The van der Waals surface area contributed by atoms with Gasteiger partial charge in [0.25, 0.3) is 5.56 Å². The predicted molar refractivity (Wildman–Crippen MR) is 74.2 cm³/mol. The van der Waals surface area contributed by atoms with Gasteiger partial charge in [-0.25, -0.2) is 4.98 Å². The fourth-order valence-corrected chi connectivity index (χ4v) is 2.44. The van der Waals surface area contributed by atoms with Crippen molar-refractivity contribution < 1.29 is 26.3 Å². The standard InChI is InChI=1S/C14H11F6N3O/c1-5-3-7(13(15,16)17)4-6(2)8(5)10-9(14(18,19)20)11(24)23-12(21)22-10/h3-4H,1-2H3,(H3,21,22,23,24). The van der Waals surface area contributed by atoms with E-state index < -0.39 is 40.7 Å². The minimum absolute atomic E-state index is 0.106. The van der Waals surface area contributed by atoms with Crippen LogP contribution in [0.3, 0.4) is 0 Å². The summed E-state index contributed by atoms with van der Waals surface area (Å²) in [6.45, 7) is 2.41. The van der Waals surface area contributed by atoms with Crippen LogP contribution < -0.4 is 11.3 Å². The van der Waals surface area contributed by atoms with Crippen molar-refractivity contribution in [1.29, 1.82) is 0 Å². The minimum Gasteiger partial charge on any atom is -0.369 e. The maximum absolute atomic E-state index is 13.2. The number of aromatic amines is 1. The SMILES string of the molecule is Cc1cc(C(F)(F)F)cc(C)c1-c1nc(N)[nH]c(=O)c1C(F)(F)F. The molecule has 0 fully saturated rings. The first-order valence-corrected chi connectivity index (χ1v) is 6.48. The molecule has 0 radical (unpaired) electrons. The number of alkyl halides is 6. The molecule has 0 aliphatic rings. The largest absolute Gasteiger partial charge is 0.423 e. The Morgan fingerprint density at radius 3 is 1.92 bits per heavy atom. The van der Waals surface area contributed by atoms with E-state index in [0.717, 1.165) is 0 Å². The van der Waals surface area contributed by atoms with Gasteiger partial charge in [-0.1, -0.05) is 0 Å². The highest BCUT2D eigenvalue weighted by atomic mass is 19.4. The van der Waals surface area contributed by atoms with E-state index >= 15 is 0 Å². The molecule has 0 unspecified atom stereocenters. The zero-order chi connectivity index (χ0) is 18.4. The lowest BCUT2D eigenvalue weighted by molar-refractivity contribution is -0.139. The summed E-state index contributed by atoms with van der Waals surface area (Å²) < 4.78 is 78.0. The maximum Gasteiger partial charge on any atom is 0.423 e. The van der Waals surface area contributed by atoms with Crippen LogP contribution in [-0.2, 0) is 12.4 Å². The lowest BCUT2D eigenvalue weighted by atomic mass is 9.94. The van der Waals surface area contributed by atoms with Crippen LogP contribution in [0, 0.1) is 13.8 Å². The molecular formula is C14H11F6N3O. The number of nitrogens with one attached hydrogen (secondary N) is 1.